The van der Waals surface area contributed by atoms with Crippen LogP contribution in [0.1, 0.15) is 10.4 Å². The van der Waals surface area contributed by atoms with Gasteiger partial charge in [0, 0.05) is 16.8 Å². The Morgan fingerprint density at radius 1 is 1.30 bits per heavy atom. The lowest BCUT2D eigenvalue weighted by Crippen LogP contribution is -2.12. The van der Waals surface area contributed by atoms with Gasteiger partial charge in [-0.15, -0.1) is 11.3 Å². The topological polar surface area (TPSA) is 58.2 Å². The standard InChI is InChI=1S/C13H15ClN2O2S2/c1-9-3-4-12(14)13(5-9)16-20(17,18)11-6-10(7-15-2)19-8-11/h3-6,8,15-16H,7H2,1-2H3. The Morgan fingerprint density at radius 2 is 2.05 bits per heavy atom. The van der Waals surface area contributed by atoms with E-state index in [1.165, 1.54) is 11.3 Å². The van der Waals surface area contributed by atoms with Crippen LogP contribution in [0.2, 0.25) is 5.02 Å². The van der Waals surface area contributed by atoms with Crippen molar-refractivity contribution >= 4 is 38.6 Å². The van der Waals surface area contributed by atoms with E-state index in [4.69, 9.17) is 11.6 Å². The Labute approximate surface area is 127 Å². The van der Waals surface area contributed by atoms with Crippen LogP contribution in [0.25, 0.3) is 0 Å². The summed E-state index contributed by atoms with van der Waals surface area (Å²) in [4.78, 5) is 1.22. The first-order valence-corrected chi connectivity index (χ1v) is 8.67. The molecule has 2 N–H and O–H groups in total. The van der Waals surface area contributed by atoms with Gasteiger partial charge in [-0.2, -0.15) is 0 Å². The van der Waals surface area contributed by atoms with Crippen LogP contribution in [0.3, 0.4) is 0 Å². The summed E-state index contributed by atoms with van der Waals surface area (Å²) < 4.78 is 27.1. The Kier molecular flexibility index (Phi) is 4.70. The van der Waals surface area contributed by atoms with Crippen molar-refractivity contribution in [2.24, 2.45) is 0 Å². The van der Waals surface area contributed by atoms with Gasteiger partial charge < -0.3 is 5.32 Å². The van der Waals surface area contributed by atoms with Crippen molar-refractivity contribution in [3.05, 3.63) is 45.1 Å². The third kappa shape index (κ3) is 3.52. The zero-order valence-corrected chi connectivity index (χ0v) is 13.5. The average Bonchev–Trinajstić information content (AvgIpc) is 2.83. The molecule has 0 spiro atoms. The molecule has 0 atom stereocenters. The number of anilines is 1. The highest BCUT2D eigenvalue weighted by molar-refractivity contribution is 7.92. The van der Waals surface area contributed by atoms with Gasteiger partial charge in [0.2, 0.25) is 0 Å². The molecule has 0 aliphatic heterocycles. The molecule has 0 radical (unpaired) electrons. The van der Waals surface area contributed by atoms with Gasteiger partial charge in [-0.05, 0) is 37.7 Å². The molecule has 0 saturated heterocycles. The number of halogens is 1. The van der Waals surface area contributed by atoms with Gasteiger partial charge in [0.25, 0.3) is 10.0 Å². The average molecular weight is 331 g/mol. The fraction of sp³-hybridized carbons (Fsp3) is 0.231. The van der Waals surface area contributed by atoms with E-state index >= 15 is 0 Å². The number of thiophene rings is 1. The lowest BCUT2D eigenvalue weighted by molar-refractivity contribution is 0.601. The lowest BCUT2D eigenvalue weighted by atomic mass is 10.2. The minimum absolute atomic E-state index is 0.255. The number of hydrogen-bond donors (Lipinski definition) is 2. The number of aryl methyl sites for hydroxylation is 1. The molecule has 0 aliphatic carbocycles. The summed E-state index contributed by atoms with van der Waals surface area (Å²) >= 11 is 7.41. The van der Waals surface area contributed by atoms with Crippen molar-refractivity contribution in [3.63, 3.8) is 0 Å². The number of nitrogens with one attached hydrogen (secondary N) is 2. The van der Waals surface area contributed by atoms with E-state index in [0.717, 1.165) is 10.4 Å². The van der Waals surface area contributed by atoms with Gasteiger partial charge in [-0.1, -0.05) is 17.7 Å². The summed E-state index contributed by atoms with van der Waals surface area (Å²) in [6, 6.07) is 6.87. The summed E-state index contributed by atoms with van der Waals surface area (Å²) in [7, 11) is -1.78. The molecule has 0 bridgehead atoms. The van der Waals surface area contributed by atoms with Crippen molar-refractivity contribution in [2.75, 3.05) is 11.8 Å². The minimum Gasteiger partial charge on any atom is -0.315 e. The second-order valence-electron chi connectivity index (χ2n) is 4.37. The molecule has 1 heterocycles. The van der Waals surface area contributed by atoms with E-state index in [1.54, 1.807) is 23.6 Å². The van der Waals surface area contributed by atoms with E-state index in [-0.39, 0.29) is 4.90 Å². The summed E-state index contributed by atoms with van der Waals surface area (Å²) in [5, 5.41) is 4.99. The quantitative estimate of drug-likeness (QED) is 0.885. The van der Waals surface area contributed by atoms with Gasteiger partial charge in [-0.25, -0.2) is 8.42 Å². The monoisotopic (exact) mass is 330 g/mol. The van der Waals surface area contributed by atoms with Crippen LogP contribution in [0, 0.1) is 6.92 Å². The summed E-state index contributed by atoms with van der Waals surface area (Å²) in [5.74, 6) is 0. The molecule has 2 rings (SSSR count). The van der Waals surface area contributed by atoms with Crippen molar-refractivity contribution < 1.29 is 8.42 Å². The number of benzene rings is 1. The summed E-state index contributed by atoms with van der Waals surface area (Å²) in [5.41, 5.74) is 1.33. The highest BCUT2D eigenvalue weighted by Crippen LogP contribution is 2.27. The van der Waals surface area contributed by atoms with E-state index in [9.17, 15) is 8.42 Å². The maximum atomic E-state index is 12.3. The van der Waals surface area contributed by atoms with Crippen LogP contribution in [0.5, 0.6) is 0 Å². The van der Waals surface area contributed by atoms with E-state index in [1.807, 2.05) is 20.0 Å². The molecule has 2 aromatic rings. The van der Waals surface area contributed by atoms with Crippen LogP contribution in [0.4, 0.5) is 5.69 Å². The Morgan fingerprint density at radius 3 is 2.75 bits per heavy atom. The molecule has 4 nitrogen and oxygen atoms in total. The predicted octanol–water partition coefficient (Wildman–Crippen LogP) is 3.23. The number of sulfonamides is 1. The molecule has 0 unspecified atom stereocenters. The Hall–Kier alpha value is -1.08. The van der Waals surface area contributed by atoms with Crippen molar-refractivity contribution in [1.82, 2.24) is 5.32 Å². The number of hydrogen-bond acceptors (Lipinski definition) is 4. The van der Waals surface area contributed by atoms with Gasteiger partial charge in [-0.3, -0.25) is 4.72 Å². The van der Waals surface area contributed by atoms with Crippen molar-refractivity contribution in [2.45, 2.75) is 18.4 Å². The molecule has 1 aromatic heterocycles. The first kappa shape index (κ1) is 15.3. The van der Waals surface area contributed by atoms with Crippen molar-refractivity contribution in [3.8, 4) is 0 Å². The molecule has 1 aromatic carbocycles. The highest BCUT2D eigenvalue weighted by Gasteiger charge is 2.17. The van der Waals surface area contributed by atoms with E-state index in [0.29, 0.717) is 17.3 Å². The fourth-order valence-electron chi connectivity index (χ4n) is 1.69. The normalized spacial score (nSPS) is 11.6. The first-order valence-electron chi connectivity index (χ1n) is 5.93. The van der Waals surface area contributed by atoms with Gasteiger partial charge in [0.1, 0.15) is 0 Å². The largest absolute Gasteiger partial charge is 0.315 e. The maximum Gasteiger partial charge on any atom is 0.262 e. The van der Waals surface area contributed by atoms with Crippen LogP contribution in [0.15, 0.2) is 34.5 Å². The van der Waals surface area contributed by atoms with Crippen molar-refractivity contribution in [1.29, 1.82) is 0 Å². The molecule has 20 heavy (non-hydrogen) atoms. The van der Waals surface area contributed by atoms with Crippen LogP contribution >= 0.6 is 22.9 Å². The van der Waals surface area contributed by atoms with E-state index < -0.39 is 10.0 Å². The summed E-state index contributed by atoms with van der Waals surface area (Å²) in [6.45, 7) is 2.52. The zero-order chi connectivity index (χ0) is 14.8. The molecule has 0 amide bonds. The molecule has 0 aliphatic rings. The Balaban J connectivity index is 2.28. The molecule has 0 saturated carbocycles. The highest BCUT2D eigenvalue weighted by atomic mass is 35.5. The third-order valence-electron chi connectivity index (χ3n) is 2.66. The lowest BCUT2D eigenvalue weighted by Gasteiger charge is -2.09. The third-order valence-corrected chi connectivity index (χ3v) is 5.42. The Bertz CT molecular complexity index is 711. The predicted molar refractivity (Wildman–Crippen MR) is 84.1 cm³/mol. The van der Waals surface area contributed by atoms with Gasteiger partial charge in [0.15, 0.2) is 0 Å². The van der Waals surface area contributed by atoms with E-state index in [2.05, 4.69) is 10.0 Å². The molecular weight excluding hydrogens is 316 g/mol. The van der Waals surface area contributed by atoms with Crippen LogP contribution in [-0.2, 0) is 16.6 Å². The fourth-order valence-corrected chi connectivity index (χ4v) is 4.27. The van der Waals surface area contributed by atoms with Gasteiger partial charge in [0.05, 0.1) is 15.6 Å². The maximum absolute atomic E-state index is 12.3. The number of rotatable bonds is 5. The summed E-state index contributed by atoms with van der Waals surface area (Å²) in [6.07, 6.45) is 0. The molecule has 0 fully saturated rings. The van der Waals surface area contributed by atoms with Crippen LogP contribution < -0.4 is 10.0 Å². The van der Waals surface area contributed by atoms with Gasteiger partial charge >= 0.3 is 0 Å². The molecular formula is C13H15ClN2O2S2. The second-order valence-corrected chi connectivity index (χ2v) is 7.45. The molecule has 108 valence electrons. The minimum atomic E-state index is -3.60. The van der Waals surface area contributed by atoms with Crippen LogP contribution in [-0.4, -0.2) is 15.5 Å². The SMILES string of the molecule is CNCc1cc(S(=O)(=O)Nc2cc(C)ccc2Cl)cs1. The zero-order valence-electron chi connectivity index (χ0n) is 11.1. The smallest absolute Gasteiger partial charge is 0.262 e. The molecule has 7 heteroatoms. The first-order chi connectivity index (χ1) is 9.42. The second kappa shape index (κ2) is 6.13.